The first kappa shape index (κ1) is 14.9. The highest BCUT2D eigenvalue weighted by atomic mass is 16.6. The van der Waals surface area contributed by atoms with Crippen LogP contribution in [0.3, 0.4) is 0 Å². The Morgan fingerprint density at radius 2 is 1.75 bits per heavy atom. The average Bonchev–Trinajstić information content (AvgIpc) is 2.11. The number of hydrogen-bond acceptors (Lipinski definition) is 4. The quantitative estimate of drug-likeness (QED) is 0.694. The Hall–Kier alpha value is -1.06. The van der Waals surface area contributed by atoms with Gasteiger partial charge in [-0.3, -0.25) is 9.59 Å². The Bertz CT molecular complexity index is 252. The van der Waals surface area contributed by atoms with Gasteiger partial charge in [0.1, 0.15) is 6.10 Å². The predicted molar refractivity (Wildman–Crippen MR) is 60.8 cm³/mol. The minimum absolute atomic E-state index is 0.294. The van der Waals surface area contributed by atoms with Gasteiger partial charge in [0, 0.05) is 6.92 Å². The van der Waals surface area contributed by atoms with Crippen LogP contribution in [0.15, 0.2) is 0 Å². The third-order valence-electron chi connectivity index (χ3n) is 2.26. The summed E-state index contributed by atoms with van der Waals surface area (Å²) in [6, 6.07) is 0. The van der Waals surface area contributed by atoms with E-state index in [2.05, 4.69) is 0 Å². The summed E-state index contributed by atoms with van der Waals surface area (Å²) >= 11 is 0. The topological polar surface area (TPSA) is 52.6 Å². The first-order valence-corrected chi connectivity index (χ1v) is 5.54. The van der Waals surface area contributed by atoms with Crippen LogP contribution in [0.1, 0.15) is 41.5 Å². The predicted octanol–water partition coefficient (Wildman–Crippen LogP) is 2.16. The zero-order valence-corrected chi connectivity index (χ0v) is 11.0. The molecule has 0 aliphatic carbocycles. The third-order valence-corrected chi connectivity index (χ3v) is 2.26. The summed E-state index contributed by atoms with van der Waals surface area (Å²) in [6.45, 7) is 10.9. The van der Waals surface area contributed by atoms with Crippen molar-refractivity contribution in [2.75, 3.05) is 6.61 Å². The standard InChI is InChI=1S/C12H22O4/c1-7-15-11(14)8(2)10(12(4,5)6)16-9(3)13/h8,10H,7H2,1-6H3/t8-,10+/m0/s1. The van der Waals surface area contributed by atoms with Crippen molar-refractivity contribution in [3.05, 3.63) is 0 Å². The first-order chi connectivity index (χ1) is 7.20. The van der Waals surface area contributed by atoms with E-state index in [9.17, 15) is 9.59 Å². The van der Waals surface area contributed by atoms with Gasteiger partial charge in [0.2, 0.25) is 0 Å². The molecule has 16 heavy (non-hydrogen) atoms. The molecule has 0 N–H and O–H groups in total. The van der Waals surface area contributed by atoms with Gasteiger partial charge in [0.15, 0.2) is 0 Å². The van der Waals surface area contributed by atoms with Gasteiger partial charge < -0.3 is 9.47 Å². The van der Waals surface area contributed by atoms with Gasteiger partial charge in [-0.15, -0.1) is 0 Å². The van der Waals surface area contributed by atoms with Crippen LogP contribution in [0, 0.1) is 11.3 Å². The molecule has 0 radical (unpaired) electrons. The van der Waals surface area contributed by atoms with Crippen LogP contribution in [0.4, 0.5) is 0 Å². The summed E-state index contributed by atoms with van der Waals surface area (Å²) in [6.07, 6.45) is -0.468. The molecule has 0 unspecified atom stereocenters. The summed E-state index contributed by atoms with van der Waals surface area (Å²) in [4.78, 5) is 22.6. The van der Waals surface area contributed by atoms with E-state index >= 15 is 0 Å². The highest BCUT2D eigenvalue weighted by molar-refractivity contribution is 5.74. The molecule has 0 rings (SSSR count). The van der Waals surface area contributed by atoms with E-state index in [0.29, 0.717) is 6.61 Å². The molecule has 0 saturated heterocycles. The second-order valence-corrected chi connectivity index (χ2v) is 4.94. The molecular weight excluding hydrogens is 208 g/mol. The molecule has 0 spiro atoms. The number of rotatable bonds is 4. The Morgan fingerprint density at radius 3 is 2.06 bits per heavy atom. The number of carbonyl (C=O) groups is 2. The lowest BCUT2D eigenvalue weighted by Crippen LogP contribution is -2.40. The van der Waals surface area contributed by atoms with Crippen molar-refractivity contribution in [1.82, 2.24) is 0 Å². The fourth-order valence-electron chi connectivity index (χ4n) is 1.60. The van der Waals surface area contributed by atoms with Gasteiger partial charge in [0.25, 0.3) is 0 Å². The molecule has 0 bridgehead atoms. The number of carbonyl (C=O) groups excluding carboxylic acids is 2. The Labute approximate surface area is 97.3 Å². The minimum atomic E-state index is -0.468. The van der Waals surface area contributed by atoms with Crippen LogP contribution in [0.5, 0.6) is 0 Å². The monoisotopic (exact) mass is 230 g/mol. The highest BCUT2D eigenvalue weighted by Crippen LogP contribution is 2.29. The minimum Gasteiger partial charge on any atom is -0.466 e. The van der Waals surface area contributed by atoms with Crippen LogP contribution in [-0.2, 0) is 19.1 Å². The Morgan fingerprint density at radius 1 is 1.25 bits per heavy atom. The zero-order chi connectivity index (χ0) is 12.9. The lowest BCUT2D eigenvalue weighted by molar-refractivity contribution is -0.166. The maximum Gasteiger partial charge on any atom is 0.312 e. The summed E-state index contributed by atoms with van der Waals surface area (Å²) in [7, 11) is 0. The molecule has 0 heterocycles. The second kappa shape index (κ2) is 5.87. The molecule has 4 heteroatoms. The van der Waals surface area contributed by atoms with Crippen LogP contribution >= 0.6 is 0 Å². The van der Waals surface area contributed by atoms with Gasteiger partial charge in [-0.05, 0) is 19.3 Å². The van der Waals surface area contributed by atoms with Crippen molar-refractivity contribution >= 4 is 11.9 Å². The van der Waals surface area contributed by atoms with E-state index in [1.807, 2.05) is 20.8 Å². The molecule has 0 aromatic heterocycles. The SMILES string of the molecule is CCOC(=O)[C@@H](C)[C@@H](OC(C)=O)C(C)(C)C. The second-order valence-electron chi connectivity index (χ2n) is 4.94. The van der Waals surface area contributed by atoms with E-state index in [1.165, 1.54) is 6.92 Å². The Balaban J connectivity index is 4.75. The van der Waals surface area contributed by atoms with Crippen molar-refractivity contribution < 1.29 is 19.1 Å². The largest absolute Gasteiger partial charge is 0.466 e. The first-order valence-electron chi connectivity index (χ1n) is 5.54. The fraction of sp³-hybridized carbons (Fsp3) is 0.833. The van der Waals surface area contributed by atoms with Crippen LogP contribution in [0.25, 0.3) is 0 Å². The number of esters is 2. The van der Waals surface area contributed by atoms with Gasteiger partial charge in [-0.25, -0.2) is 0 Å². The summed E-state index contributed by atoms with van der Waals surface area (Å²) < 4.78 is 10.1. The summed E-state index contributed by atoms with van der Waals surface area (Å²) in [5.41, 5.74) is -0.294. The van der Waals surface area contributed by atoms with Crippen LogP contribution in [-0.4, -0.2) is 24.6 Å². The van der Waals surface area contributed by atoms with E-state index in [1.54, 1.807) is 13.8 Å². The van der Waals surface area contributed by atoms with Crippen LogP contribution < -0.4 is 0 Å². The van der Waals surface area contributed by atoms with Crippen molar-refractivity contribution in [3.8, 4) is 0 Å². The molecule has 0 aliphatic rings. The lowest BCUT2D eigenvalue weighted by atomic mass is 9.82. The third kappa shape index (κ3) is 4.64. The maximum atomic E-state index is 11.6. The van der Waals surface area contributed by atoms with Crippen molar-refractivity contribution in [3.63, 3.8) is 0 Å². The molecule has 0 aromatic rings. The van der Waals surface area contributed by atoms with Gasteiger partial charge >= 0.3 is 11.9 Å². The average molecular weight is 230 g/mol. The molecule has 2 atom stereocenters. The fourth-order valence-corrected chi connectivity index (χ4v) is 1.60. The van der Waals surface area contributed by atoms with Crippen molar-refractivity contribution in [2.45, 2.75) is 47.6 Å². The summed E-state index contributed by atoms with van der Waals surface area (Å²) in [5, 5.41) is 0. The molecule has 0 aromatic carbocycles. The van der Waals surface area contributed by atoms with Gasteiger partial charge in [-0.1, -0.05) is 20.8 Å². The van der Waals surface area contributed by atoms with Crippen molar-refractivity contribution in [1.29, 1.82) is 0 Å². The lowest BCUT2D eigenvalue weighted by Gasteiger charge is -2.33. The molecular formula is C12H22O4. The molecule has 4 nitrogen and oxygen atoms in total. The molecule has 0 saturated carbocycles. The molecule has 0 fully saturated rings. The van der Waals surface area contributed by atoms with E-state index in [4.69, 9.17) is 9.47 Å². The van der Waals surface area contributed by atoms with Crippen LogP contribution in [0.2, 0.25) is 0 Å². The van der Waals surface area contributed by atoms with Gasteiger partial charge in [0.05, 0.1) is 12.5 Å². The smallest absolute Gasteiger partial charge is 0.312 e. The zero-order valence-electron chi connectivity index (χ0n) is 11.0. The summed E-state index contributed by atoms with van der Waals surface area (Å²) in [5.74, 6) is -1.16. The van der Waals surface area contributed by atoms with Crippen molar-refractivity contribution in [2.24, 2.45) is 11.3 Å². The normalized spacial score (nSPS) is 15.1. The van der Waals surface area contributed by atoms with E-state index < -0.39 is 12.0 Å². The Kier molecular flexibility index (Phi) is 5.48. The number of hydrogen-bond donors (Lipinski definition) is 0. The molecule has 0 aliphatic heterocycles. The highest BCUT2D eigenvalue weighted by Gasteiger charge is 2.37. The number of ether oxygens (including phenoxy) is 2. The van der Waals surface area contributed by atoms with E-state index in [0.717, 1.165) is 0 Å². The molecule has 94 valence electrons. The molecule has 0 amide bonds. The van der Waals surface area contributed by atoms with Gasteiger partial charge in [-0.2, -0.15) is 0 Å². The van der Waals surface area contributed by atoms with E-state index in [-0.39, 0.29) is 17.4 Å². The maximum absolute atomic E-state index is 11.6.